The molecule has 0 amide bonds. The highest BCUT2D eigenvalue weighted by Gasteiger charge is 2.39. The van der Waals surface area contributed by atoms with Gasteiger partial charge in [0.25, 0.3) is 0 Å². The Morgan fingerprint density at radius 3 is 2.40 bits per heavy atom. The molecule has 1 rings (SSSR count). The molecule has 1 heterocycles. The van der Waals surface area contributed by atoms with E-state index in [1.165, 1.54) is 6.42 Å². The monoisotopic (exact) mass is 152 g/mol. The van der Waals surface area contributed by atoms with Gasteiger partial charge in [-0.25, -0.2) is 0 Å². The lowest BCUT2D eigenvalue weighted by Gasteiger charge is -2.24. The maximum absolute atomic E-state index is 11.9. The molecule has 0 aromatic carbocycles. The van der Waals surface area contributed by atoms with Crippen molar-refractivity contribution in [2.24, 2.45) is 5.92 Å². The lowest BCUT2D eigenvalue weighted by atomic mass is 9.99. The van der Waals surface area contributed by atoms with Crippen molar-refractivity contribution >= 4 is 0 Å². The van der Waals surface area contributed by atoms with Gasteiger partial charge in [0.2, 0.25) is 0 Å². The predicted molar refractivity (Wildman–Crippen MR) is 31.3 cm³/mol. The van der Waals surface area contributed by atoms with Crippen LogP contribution in [0.2, 0.25) is 0 Å². The van der Waals surface area contributed by atoms with Gasteiger partial charge in [0.1, 0.15) is 0 Å². The van der Waals surface area contributed by atoms with Crippen molar-refractivity contribution in [2.45, 2.75) is 12.6 Å². The molecule has 59 valence electrons. The third-order valence-electron chi connectivity index (χ3n) is 1.56. The van der Waals surface area contributed by atoms with E-state index in [9.17, 15) is 13.2 Å². The highest BCUT2D eigenvalue weighted by molar-refractivity contribution is 4.87. The summed E-state index contributed by atoms with van der Waals surface area (Å²) in [5, 5.41) is 2.69. The second-order valence-corrected chi connectivity index (χ2v) is 2.38. The molecule has 1 N–H and O–H groups in total. The van der Waals surface area contributed by atoms with Gasteiger partial charge in [0, 0.05) is 6.54 Å². The number of piperidine rings is 1. The van der Waals surface area contributed by atoms with Gasteiger partial charge in [-0.3, -0.25) is 0 Å². The van der Waals surface area contributed by atoms with Gasteiger partial charge in [-0.05, 0) is 19.4 Å². The molecule has 1 unspecified atom stereocenters. The van der Waals surface area contributed by atoms with Crippen LogP contribution in [0.4, 0.5) is 13.2 Å². The normalized spacial score (nSPS) is 28.5. The first-order chi connectivity index (χ1) is 4.61. The average molecular weight is 152 g/mol. The Morgan fingerprint density at radius 1 is 1.40 bits per heavy atom. The van der Waals surface area contributed by atoms with Crippen LogP contribution in [-0.2, 0) is 0 Å². The third-order valence-corrected chi connectivity index (χ3v) is 1.56. The molecule has 0 bridgehead atoms. The standard InChI is InChI=1S/C6H9F3N/c7-6(8,9)5-2-1-3-10-4-5/h2,5,10H,1,3-4H2. The minimum atomic E-state index is -4.05. The van der Waals surface area contributed by atoms with Crippen molar-refractivity contribution < 1.29 is 13.2 Å². The van der Waals surface area contributed by atoms with Gasteiger partial charge >= 0.3 is 6.18 Å². The summed E-state index contributed by atoms with van der Waals surface area (Å²) in [6.07, 6.45) is -2.20. The topological polar surface area (TPSA) is 12.0 Å². The average Bonchev–Trinajstić information content (AvgIpc) is 1.88. The van der Waals surface area contributed by atoms with Crippen molar-refractivity contribution in [3.05, 3.63) is 6.42 Å². The van der Waals surface area contributed by atoms with E-state index in [1.54, 1.807) is 0 Å². The summed E-state index contributed by atoms with van der Waals surface area (Å²) in [5.41, 5.74) is 0. The molecule has 1 aliphatic heterocycles. The lowest BCUT2D eigenvalue weighted by Crippen LogP contribution is -2.38. The molecule has 10 heavy (non-hydrogen) atoms. The molecular formula is C6H9F3N. The molecule has 0 aliphatic carbocycles. The number of alkyl halides is 3. The van der Waals surface area contributed by atoms with E-state index in [0.717, 1.165) is 0 Å². The molecule has 0 aromatic heterocycles. The highest BCUT2D eigenvalue weighted by Crippen LogP contribution is 2.29. The van der Waals surface area contributed by atoms with Gasteiger partial charge in [0.05, 0.1) is 5.92 Å². The van der Waals surface area contributed by atoms with Gasteiger partial charge in [-0.15, -0.1) is 0 Å². The first-order valence-electron chi connectivity index (χ1n) is 3.21. The SMILES string of the molecule is FC(F)(F)C1[CH]CCNC1. The summed E-state index contributed by atoms with van der Waals surface area (Å²) in [6.45, 7) is 0.718. The largest absolute Gasteiger partial charge is 0.393 e. The van der Waals surface area contributed by atoms with Crippen molar-refractivity contribution in [1.29, 1.82) is 0 Å². The number of halogens is 3. The number of nitrogens with one attached hydrogen (secondary N) is 1. The van der Waals surface area contributed by atoms with E-state index in [2.05, 4.69) is 5.32 Å². The molecule has 1 fully saturated rings. The summed E-state index contributed by atoms with van der Waals surface area (Å²) in [7, 11) is 0. The maximum Gasteiger partial charge on any atom is 0.393 e. The number of rotatable bonds is 0. The molecule has 0 spiro atoms. The van der Waals surface area contributed by atoms with E-state index in [-0.39, 0.29) is 6.54 Å². The lowest BCUT2D eigenvalue weighted by molar-refractivity contribution is -0.166. The van der Waals surface area contributed by atoms with Crippen LogP contribution in [0.25, 0.3) is 0 Å². The van der Waals surface area contributed by atoms with Gasteiger partial charge in [0.15, 0.2) is 0 Å². The fraction of sp³-hybridized carbons (Fsp3) is 0.833. The van der Waals surface area contributed by atoms with Crippen molar-refractivity contribution in [3.63, 3.8) is 0 Å². The number of hydrogen-bond acceptors (Lipinski definition) is 1. The van der Waals surface area contributed by atoms with Crippen LogP contribution in [0, 0.1) is 12.3 Å². The molecule has 0 saturated carbocycles. The van der Waals surface area contributed by atoms with E-state index >= 15 is 0 Å². The van der Waals surface area contributed by atoms with Crippen LogP contribution in [0.1, 0.15) is 6.42 Å². The minimum absolute atomic E-state index is 0.0451. The van der Waals surface area contributed by atoms with Crippen LogP contribution in [0.5, 0.6) is 0 Å². The van der Waals surface area contributed by atoms with Crippen LogP contribution in [0.3, 0.4) is 0 Å². The van der Waals surface area contributed by atoms with Crippen molar-refractivity contribution in [3.8, 4) is 0 Å². The molecule has 0 aromatic rings. The second-order valence-electron chi connectivity index (χ2n) is 2.38. The summed E-state index contributed by atoms with van der Waals surface area (Å²) < 4.78 is 35.6. The zero-order valence-corrected chi connectivity index (χ0v) is 5.41. The van der Waals surface area contributed by atoms with Crippen molar-refractivity contribution in [2.75, 3.05) is 13.1 Å². The smallest absolute Gasteiger partial charge is 0.316 e. The molecular weight excluding hydrogens is 143 g/mol. The fourth-order valence-electron chi connectivity index (χ4n) is 0.977. The summed E-state index contributed by atoms with van der Waals surface area (Å²) >= 11 is 0. The molecule has 1 saturated heterocycles. The van der Waals surface area contributed by atoms with E-state index < -0.39 is 12.1 Å². The third kappa shape index (κ3) is 1.87. The molecule has 1 nitrogen and oxygen atoms in total. The quantitative estimate of drug-likeness (QED) is 0.552. The summed E-state index contributed by atoms with van der Waals surface area (Å²) in [4.78, 5) is 0. The molecule has 1 radical (unpaired) electrons. The molecule has 4 heteroatoms. The number of hydrogen-bond donors (Lipinski definition) is 1. The van der Waals surface area contributed by atoms with Gasteiger partial charge < -0.3 is 5.32 Å². The van der Waals surface area contributed by atoms with E-state index in [1.807, 2.05) is 0 Å². The Balaban J connectivity index is 2.39. The van der Waals surface area contributed by atoms with Crippen LogP contribution in [-0.4, -0.2) is 19.3 Å². The van der Waals surface area contributed by atoms with Crippen LogP contribution >= 0.6 is 0 Å². The Morgan fingerprint density at radius 2 is 2.10 bits per heavy atom. The van der Waals surface area contributed by atoms with E-state index in [0.29, 0.717) is 13.0 Å². The summed E-state index contributed by atoms with van der Waals surface area (Å²) in [5.74, 6) is -1.23. The Hall–Kier alpha value is -0.250. The van der Waals surface area contributed by atoms with E-state index in [4.69, 9.17) is 0 Å². The molecule has 1 aliphatic rings. The zero-order chi connectivity index (χ0) is 7.61. The summed E-state index contributed by atoms with van der Waals surface area (Å²) in [6, 6.07) is 0. The minimum Gasteiger partial charge on any atom is -0.316 e. The Labute approximate surface area is 57.6 Å². The predicted octanol–water partition coefficient (Wildman–Crippen LogP) is 1.36. The first-order valence-corrected chi connectivity index (χ1v) is 3.21. The van der Waals surface area contributed by atoms with Crippen LogP contribution < -0.4 is 5.32 Å². The van der Waals surface area contributed by atoms with Gasteiger partial charge in [-0.2, -0.15) is 13.2 Å². The Bertz CT molecular complexity index is 104. The fourth-order valence-corrected chi connectivity index (χ4v) is 0.977. The highest BCUT2D eigenvalue weighted by atomic mass is 19.4. The second kappa shape index (κ2) is 2.78. The Kier molecular flexibility index (Phi) is 2.18. The zero-order valence-electron chi connectivity index (χ0n) is 5.41. The molecule has 1 atom stereocenters. The maximum atomic E-state index is 11.9. The first kappa shape index (κ1) is 7.85. The van der Waals surface area contributed by atoms with Crippen molar-refractivity contribution in [1.82, 2.24) is 5.32 Å². The van der Waals surface area contributed by atoms with Gasteiger partial charge in [-0.1, -0.05) is 0 Å². The van der Waals surface area contributed by atoms with Crippen LogP contribution in [0.15, 0.2) is 0 Å².